The van der Waals surface area contributed by atoms with Crippen LogP contribution in [0.5, 0.6) is 0 Å². The molecule has 1 aromatic carbocycles. The Balaban J connectivity index is 1.45. The van der Waals surface area contributed by atoms with Gasteiger partial charge in [0, 0.05) is 0 Å². The molecule has 6 nitrogen and oxygen atoms in total. The van der Waals surface area contributed by atoms with Crippen molar-refractivity contribution in [2.45, 2.75) is 51.0 Å². The molecule has 0 bridgehead atoms. The number of nitrogens with zero attached hydrogens (tertiary/aromatic N) is 3. The van der Waals surface area contributed by atoms with Crippen LogP contribution in [0, 0.1) is 0 Å². The van der Waals surface area contributed by atoms with E-state index in [4.69, 9.17) is 16.3 Å². The summed E-state index contributed by atoms with van der Waals surface area (Å²) in [5.41, 5.74) is 4.01. The molecule has 0 aliphatic carbocycles. The third kappa shape index (κ3) is 4.81. The summed E-state index contributed by atoms with van der Waals surface area (Å²) in [4.78, 5) is 26.4. The topological polar surface area (TPSA) is 71.1 Å². The average Bonchev–Trinajstić information content (AvgIpc) is 3.09. The second-order valence-corrected chi connectivity index (χ2v) is 11.2. The van der Waals surface area contributed by atoms with Crippen LogP contribution in [0.4, 0.5) is 4.79 Å². The van der Waals surface area contributed by atoms with E-state index in [1.54, 1.807) is 4.90 Å². The number of aryl methyl sites for hydroxylation is 1. The maximum absolute atomic E-state index is 12.4. The van der Waals surface area contributed by atoms with Crippen LogP contribution in [0.15, 0.2) is 30.5 Å². The zero-order valence-electron chi connectivity index (χ0n) is 17.4. The van der Waals surface area contributed by atoms with Crippen molar-refractivity contribution in [2.24, 2.45) is 0 Å². The van der Waals surface area contributed by atoms with Crippen molar-refractivity contribution in [3.05, 3.63) is 52.6 Å². The van der Waals surface area contributed by atoms with Crippen LogP contribution in [0.3, 0.4) is 0 Å². The molecule has 3 heterocycles. The summed E-state index contributed by atoms with van der Waals surface area (Å²) in [6, 6.07) is 8.38. The quantitative estimate of drug-likeness (QED) is 0.448. The van der Waals surface area contributed by atoms with Gasteiger partial charge in [0.15, 0.2) is 0 Å². The second-order valence-electron chi connectivity index (χ2n) is 8.38. The standard InChI is InChI=1S/C22H25AsClN4O2/c1-22(2,3)30-21(29)28-11-9-16-18(13-28)26-20(24)27-19(16)23-10-8-14-12-25-17-7-5-4-6-15(14)17/h4-7,12,25H,8-11,13H2,1-3H3. The minimum atomic E-state index is -0.515. The molecule has 1 aliphatic heterocycles. The SMILES string of the molecule is CC(C)(C)OC(=O)N1CCc2c(nc(Cl)nc2[As]CCc2c[nH]c3ccccc23)C1. The number of benzene rings is 1. The van der Waals surface area contributed by atoms with E-state index in [0.29, 0.717) is 13.1 Å². The molecule has 30 heavy (non-hydrogen) atoms. The van der Waals surface area contributed by atoms with Gasteiger partial charge < -0.3 is 0 Å². The Kier molecular flexibility index (Phi) is 6.08. The summed E-state index contributed by atoms with van der Waals surface area (Å²) >= 11 is 6.09. The number of rotatable bonds is 4. The van der Waals surface area contributed by atoms with Gasteiger partial charge in [-0.05, 0) is 0 Å². The average molecular weight is 488 g/mol. The molecular weight excluding hydrogens is 463 g/mol. The van der Waals surface area contributed by atoms with Gasteiger partial charge in [-0.15, -0.1) is 0 Å². The Morgan fingerprint density at radius 2 is 2.10 bits per heavy atom. The van der Waals surface area contributed by atoms with E-state index in [-0.39, 0.29) is 27.1 Å². The Bertz CT molecular complexity index is 1080. The zero-order valence-corrected chi connectivity index (χ0v) is 20.0. The first-order valence-corrected chi connectivity index (χ1v) is 12.7. The number of aromatic amines is 1. The van der Waals surface area contributed by atoms with Crippen LogP contribution in [0.25, 0.3) is 10.9 Å². The number of H-pyrrole nitrogens is 1. The van der Waals surface area contributed by atoms with Crippen LogP contribution < -0.4 is 4.48 Å². The van der Waals surface area contributed by atoms with Gasteiger partial charge >= 0.3 is 188 Å². The number of carbonyl (C=O) groups excluding carboxylic acids is 1. The predicted molar refractivity (Wildman–Crippen MR) is 120 cm³/mol. The van der Waals surface area contributed by atoms with Gasteiger partial charge in [0.05, 0.1) is 0 Å². The number of fused-ring (bicyclic) bond motifs is 2. The molecule has 1 amide bonds. The van der Waals surface area contributed by atoms with Gasteiger partial charge in [0.2, 0.25) is 0 Å². The predicted octanol–water partition coefficient (Wildman–Crippen LogP) is 3.90. The summed E-state index contributed by atoms with van der Waals surface area (Å²) in [7, 11) is 0. The van der Waals surface area contributed by atoms with Crippen LogP contribution in [-0.2, 0) is 24.1 Å². The van der Waals surface area contributed by atoms with Crippen LogP contribution in [0.2, 0.25) is 10.5 Å². The molecule has 1 radical (unpaired) electrons. The summed E-state index contributed by atoms with van der Waals surface area (Å²) < 4.78 is 6.60. The molecule has 0 atom stereocenters. The number of hydrogen-bond acceptors (Lipinski definition) is 4. The number of hydrogen-bond donors (Lipinski definition) is 1. The molecule has 1 aliphatic rings. The van der Waals surface area contributed by atoms with E-state index in [9.17, 15) is 4.79 Å². The van der Waals surface area contributed by atoms with Gasteiger partial charge in [-0.3, -0.25) is 0 Å². The van der Waals surface area contributed by atoms with E-state index in [1.165, 1.54) is 16.5 Å². The Morgan fingerprint density at radius 1 is 1.30 bits per heavy atom. The van der Waals surface area contributed by atoms with Gasteiger partial charge in [0.1, 0.15) is 0 Å². The molecule has 1 N–H and O–H groups in total. The van der Waals surface area contributed by atoms with Crippen molar-refractivity contribution in [3.8, 4) is 0 Å². The molecule has 0 fully saturated rings. The fourth-order valence-electron chi connectivity index (χ4n) is 3.62. The van der Waals surface area contributed by atoms with Crippen molar-refractivity contribution in [1.82, 2.24) is 19.9 Å². The monoisotopic (exact) mass is 487 g/mol. The van der Waals surface area contributed by atoms with Gasteiger partial charge in [-0.25, -0.2) is 0 Å². The number of ether oxygens (including phenoxy) is 1. The fourth-order valence-corrected chi connectivity index (χ4v) is 6.37. The van der Waals surface area contributed by atoms with E-state index in [1.807, 2.05) is 26.8 Å². The number of halogens is 1. The molecule has 157 valence electrons. The molecule has 3 aromatic rings. The first kappa shape index (κ1) is 21.2. The molecule has 0 saturated carbocycles. The number of aromatic nitrogens is 3. The van der Waals surface area contributed by atoms with Crippen LogP contribution >= 0.6 is 11.6 Å². The molecule has 4 rings (SSSR count). The first-order valence-electron chi connectivity index (χ1n) is 10.1. The van der Waals surface area contributed by atoms with Gasteiger partial charge in [0.25, 0.3) is 0 Å². The van der Waals surface area contributed by atoms with Crippen molar-refractivity contribution < 1.29 is 9.53 Å². The van der Waals surface area contributed by atoms with E-state index in [0.717, 1.165) is 33.8 Å². The zero-order chi connectivity index (χ0) is 21.3. The van der Waals surface area contributed by atoms with Crippen molar-refractivity contribution in [2.75, 3.05) is 6.54 Å². The van der Waals surface area contributed by atoms with E-state index < -0.39 is 5.60 Å². The Hall–Kier alpha value is -2.04. The number of para-hydroxylation sites is 1. The minimum absolute atomic E-state index is 0.139. The Labute approximate surface area is 188 Å². The molecule has 2 aromatic heterocycles. The summed E-state index contributed by atoms with van der Waals surface area (Å²) in [6.45, 7) is 6.65. The third-order valence-electron chi connectivity index (χ3n) is 4.99. The van der Waals surface area contributed by atoms with Crippen LogP contribution in [0.1, 0.15) is 37.6 Å². The molecule has 0 saturated heterocycles. The van der Waals surface area contributed by atoms with Crippen LogP contribution in [-0.4, -0.2) is 53.8 Å². The number of nitrogens with one attached hydrogen (secondary N) is 1. The molecule has 8 heteroatoms. The van der Waals surface area contributed by atoms with E-state index >= 15 is 0 Å². The summed E-state index contributed by atoms with van der Waals surface area (Å²) in [5.74, 6) is 0. The van der Waals surface area contributed by atoms with Crippen molar-refractivity contribution >= 4 is 48.8 Å². The second kappa shape index (κ2) is 8.60. The van der Waals surface area contributed by atoms with Crippen molar-refractivity contribution in [3.63, 3.8) is 0 Å². The molecule has 0 spiro atoms. The fraction of sp³-hybridized carbons (Fsp3) is 0.409. The molecule has 0 unspecified atom stereocenters. The third-order valence-corrected chi connectivity index (χ3v) is 7.50. The number of carbonyl (C=O) groups is 1. The van der Waals surface area contributed by atoms with Crippen molar-refractivity contribution in [1.29, 1.82) is 0 Å². The maximum atomic E-state index is 12.4. The van der Waals surface area contributed by atoms with E-state index in [2.05, 4.69) is 39.3 Å². The molecular formula is C22H25AsClN4O2. The van der Waals surface area contributed by atoms with Gasteiger partial charge in [-0.2, -0.15) is 0 Å². The first-order chi connectivity index (χ1) is 14.3. The Morgan fingerprint density at radius 3 is 2.90 bits per heavy atom. The normalized spacial score (nSPS) is 14.5. The summed E-state index contributed by atoms with van der Waals surface area (Å²) in [5, 5.41) is 2.61. The van der Waals surface area contributed by atoms with Gasteiger partial charge in [-0.1, -0.05) is 0 Å². The number of amides is 1. The summed E-state index contributed by atoms with van der Waals surface area (Å²) in [6.07, 6.45) is 3.54.